The lowest BCUT2D eigenvalue weighted by atomic mass is 10.0. The van der Waals surface area contributed by atoms with E-state index in [2.05, 4.69) is 5.32 Å². The summed E-state index contributed by atoms with van der Waals surface area (Å²) < 4.78 is 5.56. The van der Waals surface area contributed by atoms with Crippen molar-refractivity contribution >= 4 is 5.78 Å². The van der Waals surface area contributed by atoms with E-state index in [0.29, 0.717) is 13.0 Å². The normalized spacial score (nSPS) is 24.8. The van der Waals surface area contributed by atoms with E-state index in [0.717, 1.165) is 13.0 Å². The van der Waals surface area contributed by atoms with Gasteiger partial charge in [-0.25, -0.2) is 0 Å². The third kappa shape index (κ3) is 3.87. The fraction of sp³-hybridized carbons (Fsp3) is 0.900. The van der Waals surface area contributed by atoms with E-state index < -0.39 is 0 Å². The number of carbonyl (C=O) groups excluding carboxylic acids is 1. The molecule has 0 bridgehead atoms. The first kappa shape index (κ1) is 10.7. The van der Waals surface area contributed by atoms with E-state index in [1.54, 1.807) is 0 Å². The standard InChI is InChI=1S/C10H19NO2/c1-10(2,3)13-7-8-9(12)5-4-6-11-8/h8,11H,4-7H2,1-3H3/t8-/m1/s1. The summed E-state index contributed by atoms with van der Waals surface area (Å²) in [6, 6.07) is -0.0759. The lowest BCUT2D eigenvalue weighted by molar-refractivity contribution is -0.125. The Hall–Kier alpha value is -0.410. The second kappa shape index (κ2) is 4.20. The molecule has 3 nitrogen and oxygen atoms in total. The van der Waals surface area contributed by atoms with Crippen LogP contribution in [0, 0.1) is 0 Å². The molecule has 3 heteroatoms. The molecular formula is C10H19NO2. The van der Waals surface area contributed by atoms with Crippen molar-refractivity contribution in [3.63, 3.8) is 0 Å². The summed E-state index contributed by atoms with van der Waals surface area (Å²) in [5.74, 6) is 0.288. The van der Waals surface area contributed by atoms with Gasteiger partial charge in [0, 0.05) is 6.42 Å². The highest BCUT2D eigenvalue weighted by Crippen LogP contribution is 2.10. The lowest BCUT2D eigenvalue weighted by Gasteiger charge is -2.26. The van der Waals surface area contributed by atoms with Gasteiger partial charge in [0.25, 0.3) is 0 Å². The van der Waals surface area contributed by atoms with Gasteiger partial charge in [-0.05, 0) is 33.7 Å². The van der Waals surface area contributed by atoms with Crippen LogP contribution < -0.4 is 5.32 Å². The van der Waals surface area contributed by atoms with Crippen LogP contribution in [-0.4, -0.2) is 30.6 Å². The molecule has 0 spiro atoms. The molecule has 0 aliphatic carbocycles. The maximum atomic E-state index is 11.4. The van der Waals surface area contributed by atoms with Gasteiger partial charge in [0.05, 0.1) is 18.2 Å². The van der Waals surface area contributed by atoms with Gasteiger partial charge in [-0.2, -0.15) is 0 Å². The number of ketones is 1. The molecule has 1 N–H and O–H groups in total. The van der Waals surface area contributed by atoms with E-state index >= 15 is 0 Å². The molecule has 1 fully saturated rings. The van der Waals surface area contributed by atoms with Gasteiger partial charge >= 0.3 is 0 Å². The van der Waals surface area contributed by atoms with Crippen LogP contribution in [0.1, 0.15) is 33.6 Å². The van der Waals surface area contributed by atoms with Crippen LogP contribution in [-0.2, 0) is 9.53 Å². The van der Waals surface area contributed by atoms with Crippen LogP contribution in [0.4, 0.5) is 0 Å². The molecule has 1 atom stereocenters. The zero-order chi connectivity index (χ0) is 9.90. The van der Waals surface area contributed by atoms with Gasteiger partial charge < -0.3 is 10.1 Å². The van der Waals surface area contributed by atoms with E-state index in [4.69, 9.17) is 4.74 Å². The number of hydrogen-bond acceptors (Lipinski definition) is 3. The van der Waals surface area contributed by atoms with Crippen LogP contribution in [0.15, 0.2) is 0 Å². The Morgan fingerprint density at radius 1 is 1.54 bits per heavy atom. The van der Waals surface area contributed by atoms with Crippen LogP contribution in [0.3, 0.4) is 0 Å². The second-order valence-corrected chi connectivity index (χ2v) is 4.50. The summed E-state index contributed by atoms with van der Waals surface area (Å²) in [6.45, 7) is 7.44. The third-order valence-corrected chi connectivity index (χ3v) is 2.06. The van der Waals surface area contributed by atoms with E-state index in [-0.39, 0.29) is 17.4 Å². The number of rotatable bonds is 2. The second-order valence-electron chi connectivity index (χ2n) is 4.50. The Bertz CT molecular complexity index is 184. The fourth-order valence-electron chi connectivity index (χ4n) is 1.31. The van der Waals surface area contributed by atoms with Crippen molar-refractivity contribution in [2.45, 2.75) is 45.3 Å². The summed E-state index contributed by atoms with van der Waals surface area (Å²) in [6.07, 6.45) is 1.66. The SMILES string of the molecule is CC(C)(C)OC[C@H]1NCCCC1=O. The maximum Gasteiger partial charge on any atom is 0.152 e. The lowest BCUT2D eigenvalue weighted by Crippen LogP contribution is -2.46. The molecule has 0 aromatic rings. The van der Waals surface area contributed by atoms with Crippen molar-refractivity contribution in [1.29, 1.82) is 0 Å². The molecule has 0 aromatic heterocycles. The highest BCUT2D eigenvalue weighted by atomic mass is 16.5. The molecule has 13 heavy (non-hydrogen) atoms. The largest absolute Gasteiger partial charge is 0.374 e. The Balaban J connectivity index is 2.31. The predicted molar refractivity (Wildman–Crippen MR) is 51.7 cm³/mol. The van der Waals surface area contributed by atoms with Gasteiger partial charge in [-0.1, -0.05) is 0 Å². The van der Waals surface area contributed by atoms with Gasteiger partial charge in [0.2, 0.25) is 0 Å². The number of piperidine rings is 1. The first-order valence-corrected chi connectivity index (χ1v) is 4.89. The van der Waals surface area contributed by atoms with Crippen molar-refractivity contribution in [2.24, 2.45) is 0 Å². The highest BCUT2D eigenvalue weighted by Gasteiger charge is 2.23. The van der Waals surface area contributed by atoms with Gasteiger partial charge in [-0.15, -0.1) is 0 Å². The van der Waals surface area contributed by atoms with Gasteiger partial charge in [-0.3, -0.25) is 4.79 Å². The molecular weight excluding hydrogens is 166 g/mol. The highest BCUT2D eigenvalue weighted by molar-refractivity contribution is 5.84. The monoisotopic (exact) mass is 185 g/mol. The number of Topliss-reactive ketones (excluding diaryl/α,β-unsaturated/α-hetero) is 1. The van der Waals surface area contributed by atoms with Gasteiger partial charge in [0.15, 0.2) is 5.78 Å². The fourth-order valence-corrected chi connectivity index (χ4v) is 1.31. The number of ether oxygens (including phenoxy) is 1. The minimum atomic E-state index is -0.153. The summed E-state index contributed by atoms with van der Waals surface area (Å²) in [5, 5.41) is 3.17. The van der Waals surface area contributed by atoms with E-state index in [1.807, 2.05) is 20.8 Å². The van der Waals surface area contributed by atoms with Crippen LogP contribution in [0.25, 0.3) is 0 Å². The number of carbonyl (C=O) groups is 1. The number of hydrogen-bond donors (Lipinski definition) is 1. The maximum absolute atomic E-state index is 11.4. The van der Waals surface area contributed by atoms with Crippen molar-refractivity contribution in [3.05, 3.63) is 0 Å². The third-order valence-electron chi connectivity index (χ3n) is 2.06. The van der Waals surface area contributed by atoms with Crippen molar-refractivity contribution in [1.82, 2.24) is 5.32 Å². The van der Waals surface area contributed by atoms with Crippen LogP contribution >= 0.6 is 0 Å². The summed E-state index contributed by atoms with van der Waals surface area (Å²) in [5.41, 5.74) is -0.153. The minimum Gasteiger partial charge on any atom is -0.374 e. The summed E-state index contributed by atoms with van der Waals surface area (Å²) in [4.78, 5) is 11.4. The van der Waals surface area contributed by atoms with Crippen molar-refractivity contribution < 1.29 is 9.53 Å². The molecule has 0 amide bonds. The van der Waals surface area contributed by atoms with E-state index in [9.17, 15) is 4.79 Å². The van der Waals surface area contributed by atoms with Crippen molar-refractivity contribution in [3.8, 4) is 0 Å². The van der Waals surface area contributed by atoms with Crippen LogP contribution in [0.5, 0.6) is 0 Å². The molecule has 1 saturated heterocycles. The van der Waals surface area contributed by atoms with Gasteiger partial charge in [0.1, 0.15) is 0 Å². The topological polar surface area (TPSA) is 38.3 Å². The zero-order valence-corrected chi connectivity index (χ0v) is 8.72. The Morgan fingerprint density at radius 3 is 2.77 bits per heavy atom. The summed E-state index contributed by atoms with van der Waals surface area (Å²) in [7, 11) is 0. The molecule has 0 aromatic carbocycles. The molecule has 0 unspecified atom stereocenters. The molecule has 1 rings (SSSR count). The Labute approximate surface area is 79.8 Å². The molecule has 1 heterocycles. The Kier molecular flexibility index (Phi) is 3.45. The van der Waals surface area contributed by atoms with Crippen molar-refractivity contribution in [2.75, 3.05) is 13.2 Å². The average Bonchev–Trinajstić information content (AvgIpc) is 2.01. The van der Waals surface area contributed by atoms with E-state index in [1.165, 1.54) is 0 Å². The zero-order valence-electron chi connectivity index (χ0n) is 8.72. The first-order chi connectivity index (χ1) is 5.99. The molecule has 0 saturated carbocycles. The molecule has 1 aliphatic rings. The Morgan fingerprint density at radius 2 is 2.23 bits per heavy atom. The molecule has 1 aliphatic heterocycles. The average molecular weight is 185 g/mol. The van der Waals surface area contributed by atoms with Crippen LogP contribution in [0.2, 0.25) is 0 Å². The predicted octanol–water partition coefficient (Wildman–Crippen LogP) is 1.12. The quantitative estimate of drug-likeness (QED) is 0.700. The molecule has 0 radical (unpaired) electrons. The molecule has 76 valence electrons. The minimum absolute atomic E-state index is 0.0759. The number of nitrogens with one attached hydrogen (secondary N) is 1. The first-order valence-electron chi connectivity index (χ1n) is 4.89. The summed E-state index contributed by atoms with van der Waals surface area (Å²) >= 11 is 0. The smallest absolute Gasteiger partial charge is 0.152 e.